The van der Waals surface area contributed by atoms with Crippen LogP contribution >= 0.6 is 0 Å². The molecular formula is C13H28N2. The van der Waals surface area contributed by atoms with Crippen molar-refractivity contribution >= 4 is 0 Å². The zero-order chi connectivity index (χ0) is 11.1. The lowest BCUT2D eigenvalue weighted by atomic mass is 10.1. The molecule has 0 atom stereocenters. The van der Waals surface area contributed by atoms with Gasteiger partial charge in [0.1, 0.15) is 0 Å². The predicted octanol–water partition coefficient (Wildman–Crippen LogP) is 2.35. The fraction of sp³-hybridized carbons (Fsp3) is 1.00. The Kier molecular flexibility index (Phi) is 6.26. The van der Waals surface area contributed by atoms with E-state index in [0.717, 1.165) is 18.4 Å². The average Bonchev–Trinajstić information content (AvgIpc) is 2.99. The van der Waals surface area contributed by atoms with Crippen molar-refractivity contribution in [3.63, 3.8) is 0 Å². The molecule has 15 heavy (non-hydrogen) atoms. The van der Waals surface area contributed by atoms with Crippen molar-refractivity contribution < 1.29 is 0 Å². The van der Waals surface area contributed by atoms with Crippen molar-refractivity contribution in [3.8, 4) is 0 Å². The highest BCUT2D eigenvalue weighted by molar-refractivity contribution is 4.77. The molecule has 2 heteroatoms. The molecule has 0 bridgehead atoms. The molecule has 0 spiro atoms. The third-order valence-corrected chi connectivity index (χ3v) is 3.16. The van der Waals surface area contributed by atoms with E-state index in [1.54, 1.807) is 0 Å². The first-order chi connectivity index (χ1) is 7.22. The molecule has 90 valence electrons. The molecule has 0 aliphatic heterocycles. The number of hydrogen-bond acceptors (Lipinski definition) is 2. The van der Waals surface area contributed by atoms with Gasteiger partial charge in [-0.2, -0.15) is 0 Å². The van der Waals surface area contributed by atoms with Crippen LogP contribution in [0.1, 0.15) is 40.0 Å². The summed E-state index contributed by atoms with van der Waals surface area (Å²) in [7, 11) is 0. The van der Waals surface area contributed by atoms with E-state index in [1.165, 1.54) is 45.4 Å². The minimum Gasteiger partial charge on any atom is -0.315 e. The summed E-state index contributed by atoms with van der Waals surface area (Å²) in [5.74, 6) is 1.85. The van der Waals surface area contributed by atoms with E-state index >= 15 is 0 Å². The number of likely N-dealkylation sites (N-methyl/N-ethyl adjacent to an activating group) is 1. The standard InChI is InChI=1S/C13H28N2/c1-4-15(11-13-5-6-13)10-9-14-8-7-12(2)3/h12-14H,4-11H2,1-3H3. The second-order valence-corrected chi connectivity index (χ2v) is 5.27. The van der Waals surface area contributed by atoms with Gasteiger partial charge in [-0.15, -0.1) is 0 Å². The summed E-state index contributed by atoms with van der Waals surface area (Å²) in [6, 6.07) is 0. The van der Waals surface area contributed by atoms with Gasteiger partial charge >= 0.3 is 0 Å². The van der Waals surface area contributed by atoms with E-state index in [1.807, 2.05) is 0 Å². The lowest BCUT2D eigenvalue weighted by molar-refractivity contribution is 0.275. The molecule has 1 N–H and O–H groups in total. The Labute approximate surface area is 95.4 Å². The van der Waals surface area contributed by atoms with Gasteiger partial charge in [-0.3, -0.25) is 0 Å². The molecule has 1 fully saturated rings. The number of nitrogens with zero attached hydrogens (tertiary/aromatic N) is 1. The Morgan fingerprint density at radius 1 is 1.27 bits per heavy atom. The predicted molar refractivity (Wildman–Crippen MR) is 67.2 cm³/mol. The smallest absolute Gasteiger partial charge is 0.0107 e. The first kappa shape index (κ1) is 13.0. The molecule has 0 aromatic heterocycles. The lowest BCUT2D eigenvalue weighted by Gasteiger charge is -2.20. The third kappa shape index (κ3) is 6.91. The van der Waals surface area contributed by atoms with Crippen molar-refractivity contribution in [2.45, 2.75) is 40.0 Å². The van der Waals surface area contributed by atoms with Gasteiger partial charge < -0.3 is 10.2 Å². The van der Waals surface area contributed by atoms with Crippen LogP contribution in [0, 0.1) is 11.8 Å². The first-order valence-electron chi connectivity index (χ1n) is 6.65. The van der Waals surface area contributed by atoms with Crippen molar-refractivity contribution in [1.29, 1.82) is 0 Å². The maximum Gasteiger partial charge on any atom is 0.0107 e. The summed E-state index contributed by atoms with van der Waals surface area (Å²) in [4.78, 5) is 2.58. The van der Waals surface area contributed by atoms with Crippen LogP contribution in [0.15, 0.2) is 0 Å². The van der Waals surface area contributed by atoms with Crippen LogP contribution in [0.3, 0.4) is 0 Å². The summed E-state index contributed by atoms with van der Waals surface area (Å²) in [6.45, 7) is 13.0. The van der Waals surface area contributed by atoms with Gasteiger partial charge in [0.05, 0.1) is 0 Å². The monoisotopic (exact) mass is 212 g/mol. The highest BCUT2D eigenvalue weighted by Crippen LogP contribution is 2.29. The van der Waals surface area contributed by atoms with Gasteiger partial charge in [0.2, 0.25) is 0 Å². The minimum atomic E-state index is 0.825. The summed E-state index contributed by atoms with van der Waals surface area (Å²) in [5.41, 5.74) is 0. The Morgan fingerprint density at radius 2 is 2.00 bits per heavy atom. The van der Waals surface area contributed by atoms with Crippen molar-refractivity contribution in [3.05, 3.63) is 0 Å². The Bertz CT molecular complexity index is 153. The van der Waals surface area contributed by atoms with Crippen molar-refractivity contribution in [2.75, 3.05) is 32.7 Å². The van der Waals surface area contributed by atoms with Gasteiger partial charge in [0.25, 0.3) is 0 Å². The topological polar surface area (TPSA) is 15.3 Å². The molecule has 1 rings (SSSR count). The Morgan fingerprint density at radius 3 is 2.53 bits per heavy atom. The zero-order valence-corrected chi connectivity index (χ0v) is 10.8. The SMILES string of the molecule is CCN(CCNCCC(C)C)CC1CC1. The van der Waals surface area contributed by atoms with Gasteiger partial charge in [-0.1, -0.05) is 20.8 Å². The largest absolute Gasteiger partial charge is 0.315 e. The maximum absolute atomic E-state index is 3.53. The first-order valence-corrected chi connectivity index (χ1v) is 6.65. The summed E-state index contributed by atoms with van der Waals surface area (Å²) >= 11 is 0. The number of rotatable bonds is 9. The molecular weight excluding hydrogens is 184 g/mol. The summed E-state index contributed by atoms with van der Waals surface area (Å²) in [6.07, 6.45) is 4.24. The normalized spacial score (nSPS) is 16.6. The van der Waals surface area contributed by atoms with Crippen LogP contribution < -0.4 is 5.32 Å². The molecule has 0 aromatic carbocycles. The van der Waals surface area contributed by atoms with E-state index in [-0.39, 0.29) is 0 Å². The molecule has 1 aliphatic carbocycles. The third-order valence-electron chi connectivity index (χ3n) is 3.16. The minimum absolute atomic E-state index is 0.825. The second-order valence-electron chi connectivity index (χ2n) is 5.27. The van der Waals surface area contributed by atoms with Gasteiger partial charge in [-0.05, 0) is 44.2 Å². The Hall–Kier alpha value is -0.0800. The second kappa shape index (κ2) is 7.24. The zero-order valence-electron chi connectivity index (χ0n) is 10.8. The maximum atomic E-state index is 3.53. The molecule has 1 aliphatic rings. The van der Waals surface area contributed by atoms with Gasteiger partial charge in [-0.25, -0.2) is 0 Å². The summed E-state index contributed by atoms with van der Waals surface area (Å²) < 4.78 is 0. The van der Waals surface area contributed by atoms with E-state index in [4.69, 9.17) is 0 Å². The Balaban J connectivity index is 1.91. The van der Waals surface area contributed by atoms with E-state index < -0.39 is 0 Å². The van der Waals surface area contributed by atoms with E-state index in [0.29, 0.717) is 0 Å². The van der Waals surface area contributed by atoms with E-state index in [9.17, 15) is 0 Å². The van der Waals surface area contributed by atoms with Gasteiger partial charge in [0.15, 0.2) is 0 Å². The fourth-order valence-electron chi connectivity index (χ4n) is 1.80. The molecule has 0 amide bonds. The molecule has 0 unspecified atom stereocenters. The van der Waals surface area contributed by atoms with Crippen LogP contribution in [-0.2, 0) is 0 Å². The number of nitrogens with one attached hydrogen (secondary N) is 1. The number of hydrogen-bond donors (Lipinski definition) is 1. The van der Waals surface area contributed by atoms with Gasteiger partial charge in [0, 0.05) is 19.6 Å². The van der Waals surface area contributed by atoms with Crippen LogP contribution in [0.25, 0.3) is 0 Å². The van der Waals surface area contributed by atoms with Crippen molar-refractivity contribution in [1.82, 2.24) is 10.2 Å². The summed E-state index contributed by atoms with van der Waals surface area (Å²) in [5, 5.41) is 3.53. The lowest BCUT2D eigenvalue weighted by Crippen LogP contribution is -2.34. The fourth-order valence-corrected chi connectivity index (χ4v) is 1.80. The molecule has 2 nitrogen and oxygen atoms in total. The van der Waals surface area contributed by atoms with Crippen LogP contribution in [-0.4, -0.2) is 37.6 Å². The van der Waals surface area contributed by atoms with E-state index in [2.05, 4.69) is 31.0 Å². The quantitative estimate of drug-likeness (QED) is 0.590. The average molecular weight is 212 g/mol. The molecule has 0 heterocycles. The van der Waals surface area contributed by atoms with Crippen molar-refractivity contribution in [2.24, 2.45) is 11.8 Å². The molecule has 0 saturated heterocycles. The molecule has 0 aromatic rings. The molecule has 0 radical (unpaired) electrons. The van der Waals surface area contributed by atoms with Crippen LogP contribution in [0.2, 0.25) is 0 Å². The highest BCUT2D eigenvalue weighted by Gasteiger charge is 2.23. The van der Waals surface area contributed by atoms with Crippen LogP contribution in [0.4, 0.5) is 0 Å². The van der Waals surface area contributed by atoms with Crippen LogP contribution in [0.5, 0.6) is 0 Å². The molecule has 1 saturated carbocycles. The highest BCUT2D eigenvalue weighted by atomic mass is 15.1.